The van der Waals surface area contributed by atoms with Crippen molar-refractivity contribution in [3.05, 3.63) is 76.7 Å². The Bertz CT molecular complexity index is 1150. The first kappa shape index (κ1) is 22.7. The third kappa shape index (κ3) is 3.35. The summed E-state index contributed by atoms with van der Waals surface area (Å²) in [5.74, 6) is 0. The van der Waals surface area contributed by atoms with Crippen LogP contribution in [-0.4, -0.2) is 12.5 Å². The SMILES string of the molecule is CC1=Cc2c(cc3c(c2Br)CCCC3)C1S(C)(C)C1C(C)=Cc2c1cc1c(c2Br)CCCC1. The third-order valence-corrected chi connectivity index (χ3v) is 14.1. The van der Waals surface area contributed by atoms with Crippen molar-refractivity contribution in [3.8, 4) is 0 Å². The fraction of sp³-hybridized carbons (Fsp3) is 0.467. The monoisotopic (exact) mass is 584 g/mol. The van der Waals surface area contributed by atoms with Gasteiger partial charge in [0.15, 0.2) is 0 Å². The summed E-state index contributed by atoms with van der Waals surface area (Å²) in [5, 5.41) is 1.07. The zero-order chi connectivity index (χ0) is 23.1. The van der Waals surface area contributed by atoms with Crippen LogP contribution in [0.25, 0.3) is 12.2 Å². The van der Waals surface area contributed by atoms with Gasteiger partial charge in [-0.25, -0.2) is 10.0 Å². The molecule has 2 unspecified atom stereocenters. The van der Waals surface area contributed by atoms with Gasteiger partial charge in [-0.3, -0.25) is 0 Å². The van der Waals surface area contributed by atoms with E-state index in [2.05, 4.69) is 82.5 Å². The van der Waals surface area contributed by atoms with Gasteiger partial charge in [-0.15, -0.1) is 0 Å². The van der Waals surface area contributed by atoms with Crippen molar-refractivity contribution in [1.82, 2.24) is 0 Å². The van der Waals surface area contributed by atoms with Crippen LogP contribution in [0.3, 0.4) is 0 Å². The van der Waals surface area contributed by atoms with E-state index in [1.807, 2.05) is 0 Å². The van der Waals surface area contributed by atoms with Crippen LogP contribution in [0.2, 0.25) is 0 Å². The Morgan fingerprint density at radius 1 is 0.667 bits per heavy atom. The predicted octanol–water partition coefficient (Wildman–Crippen LogP) is 9.65. The molecule has 3 heteroatoms. The summed E-state index contributed by atoms with van der Waals surface area (Å²) >= 11 is 8.12. The quantitative estimate of drug-likeness (QED) is 0.329. The van der Waals surface area contributed by atoms with E-state index in [1.165, 1.54) is 71.4 Å². The van der Waals surface area contributed by atoms with Crippen LogP contribution in [0.5, 0.6) is 0 Å². The van der Waals surface area contributed by atoms with Gasteiger partial charge in [0, 0.05) is 19.4 Å². The molecule has 4 aliphatic rings. The lowest BCUT2D eigenvalue weighted by atomic mass is 9.88. The minimum absolute atomic E-state index is 0.533. The second-order valence-corrected chi connectivity index (χ2v) is 16.6. The average molecular weight is 586 g/mol. The van der Waals surface area contributed by atoms with E-state index in [9.17, 15) is 0 Å². The molecule has 0 aliphatic heterocycles. The molecular weight excluding hydrogens is 552 g/mol. The van der Waals surface area contributed by atoms with Gasteiger partial charge < -0.3 is 0 Å². The molecule has 4 aliphatic carbocycles. The number of hydrogen-bond acceptors (Lipinski definition) is 0. The maximum atomic E-state index is 4.06. The van der Waals surface area contributed by atoms with Crippen LogP contribution in [0.15, 0.2) is 32.2 Å². The zero-order valence-corrected chi connectivity index (χ0v) is 24.3. The van der Waals surface area contributed by atoms with Crippen LogP contribution >= 0.6 is 41.9 Å². The highest BCUT2D eigenvalue weighted by molar-refractivity contribution is 9.11. The lowest BCUT2D eigenvalue weighted by Crippen LogP contribution is -2.18. The van der Waals surface area contributed by atoms with Crippen LogP contribution in [0.1, 0.15) is 94.5 Å². The Morgan fingerprint density at radius 3 is 1.48 bits per heavy atom. The number of benzene rings is 2. The van der Waals surface area contributed by atoms with E-state index in [0.717, 1.165) is 0 Å². The molecule has 0 fully saturated rings. The van der Waals surface area contributed by atoms with E-state index in [-0.39, 0.29) is 0 Å². The van der Waals surface area contributed by atoms with Gasteiger partial charge in [0.05, 0.1) is 0 Å². The van der Waals surface area contributed by atoms with E-state index in [0.29, 0.717) is 10.5 Å². The Kier molecular flexibility index (Phi) is 5.59. The van der Waals surface area contributed by atoms with Gasteiger partial charge in [-0.2, -0.15) is 0 Å². The first-order valence-electron chi connectivity index (χ1n) is 12.5. The van der Waals surface area contributed by atoms with Gasteiger partial charge in [0.2, 0.25) is 0 Å². The lowest BCUT2D eigenvalue weighted by Gasteiger charge is -2.46. The van der Waals surface area contributed by atoms with Gasteiger partial charge in [-0.1, -0.05) is 35.4 Å². The van der Waals surface area contributed by atoms with Crippen LogP contribution in [0.4, 0.5) is 0 Å². The molecule has 174 valence electrons. The zero-order valence-electron chi connectivity index (χ0n) is 20.3. The van der Waals surface area contributed by atoms with Crippen LogP contribution in [-0.2, 0) is 25.7 Å². The topological polar surface area (TPSA) is 0 Å². The molecule has 2 aromatic rings. The van der Waals surface area contributed by atoms with Crippen molar-refractivity contribution >= 4 is 54.0 Å². The van der Waals surface area contributed by atoms with E-state index in [1.54, 1.807) is 44.5 Å². The minimum Gasteiger partial charge on any atom is -0.226 e. The third-order valence-electron chi connectivity index (χ3n) is 8.66. The van der Waals surface area contributed by atoms with Crippen LogP contribution < -0.4 is 0 Å². The van der Waals surface area contributed by atoms with Gasteiger partial charge in [0.1, 0.15) is 0 Å². The fourth-order valence-electron chi connectivity index (χ4n) is 7.36. The molecule has 0 nitrogen and oxygen atoms in total. The second kappa shape index (κ2) is 8.14. The molecule has 0 N–H and O–H groups in total. The summed E-state index contributed by atoms with van der Waals surface area (Å²) in [4.78, 5) is 0. The smallest absolute Gasteiger partial charge is 0.0361 e. The fourth-order valence-corrected chi connectivity index (χ4v) is 13.0. The highest BCUT2D eigenvalue weighted by Crippen LogP contribution is 2.73. The summed E-state index contributed by atoms with van der Waals surface area (Å²) in [6.07, 6.45) is 20.5. The average Bonchev–Trinajstić information content (AvgIpc) is 3.31. The molecular formula is C30H34Br2S. The standard InChI is InChI=1S/C30H34Br2S/c1-17-13-23-25(15-19-9-5-7-11-21(19)27(23)31)29(17)33(3,4)30-18(2)14-24-26(30)16-20-10-6-8-12-22(20)28(24)32/h13-16,29-30H,5-12H2,1-4H3. The first-order chi connectivity index (χ1) is 15.8. The van der Waals surface area contributed by atoms with Crippen molar-refractivity contribution in [2.75, 3.05) is 12.5 Å². The summed E-state index contributed by atoms with van der Waals surface area (Å²) in [7, 11) is -1.03. The molecule has 33 heavy (non-hydrogen) atoms. The first-order valence-corrected chi connectivity index (χ1v) is 16.7. The molecule has 0 saturated carbocycles. The number of fused-ring (bicyclic) bond motifs is 4. The Morgan fingerprint density at radius 2 is 1.06 bits per heavy atom. The van der Waals surface area contributed by atoms with Crippen LogP contribution in [0, 0.1) is 0 Å². The Labute approximate surface area is 217 Å². The van der Waals surface area contributed by atoms with Crippen molar-refractivity contribution in [1.29, 1.82) is 0 Å². The van der Waals surface area contributed by atoms with Crippen molar-refractivity contribution < 1.29 is 0 Å². The maximum absolute atomic E-state index is 4.06. The van der Waals surface area contributed by atoms with Gasteiger partial charge >= 0.3 is 0 Å². The summed E-state index contributed by atoms with van der Waals surface area (Å²) in [5.41, 5.74) is 15.6. The van der Waals surface area contributed by atoms with E-state index < -0.39 is 10.0 Å². The molecule has 2 aromatic carbocycles. The molecule has 0 amide bonds. The Balaban J connectivity index is 1.48. The minimum atomic E-state index is -1.03. The van der Waals surface area contributed by atoms with Gasteiger partial charge in [0.25, 0.3) is 0 Å². The molecule has 0 saturated heterocycles. The summed E-state index contributed by atoms with van der Waals surface area (Å²) in [6.45, 7) is 4.78. The van der Waals surface area contributed by atoms with Crippen molar-refractivity contribution in [2.45, 2.75) is 75.7 Å². The lowest BCUT2D eigenvalue weighted by molar-refractivity contribution is 0.681. The predicted molar refractivity (Wildman–Crippen MR) is 154 cm³/mol. The second-order valence-electron chi connectivity index (χ2n) is 11.1. The van der Waals surface area contributed by atoms with E-state index in [4.69, 9.17) is 0 Å². The van der Waals surface area contributed by atoms with E-state index >= 15 is 0 Å². The van der Waals surface area contributed by atoms with Crippen molar-refractivity contribution in [2.24, 2.45) is 0 Å². The normalized spacial score (nSPS) is 23.9. The van der Waals surface area contributed by atoms with Gasteiger partial charge in [-0.05, 0) is 154 Å². The molecule has 0 bridgehead atoms. The molecule has 0 radical (unpaired) electrons. The largest absolute Gasteiger partial charge is 0.226 e. The molecule has 6 rings (SSSR count). The number of hydrogen-bond donors (Lipinski definition) is 0. The maximum Gasteiger partial charge on any atom is 0.0361 e. The molecule has 2 atom stereocenters. The number of rotatable bonds is 2. The molecule has 0 spiro atoms. The summed E-state index contributed by atoms with van der Waals surface area (Å²) < 4.78 is 2.78. The Hall–Kier alpha value is -0.770. The van der Waals surface area contributed by atoms with Crippen molar-refractivity contribution in [3.63, 3.8) is 0 Å². The highest BCUT2D eigenvalue weighted by Gasteiger charge is 2.43. The summed E-state index contributed by atoms with van der Waals surface area (Å²) in [6, 6.07) is 5.22. The number of aryl methyl sites for hydroxylation is 2. The number of halogens is 2. The molecule has 0 heterocycles. The highest BCUT2D eigenvalue weighted by atomic mass is 79.9. The molecule has 0 aromatic heterocycles.